The lowest BCUT2D eigenvalue weighted by Gasteiger charge is -2.19. The molecular weight excluding hydrogens is 298 g/mol. The highest BCUT2D eigenvalue weighted by atomic mass is 32.2. The monoisotopic (exact) mass is 319 g/mol. The van der Waals surface area contributed by atoms with Crippen molar-refractivity contribution in [3.05, 3.63) is 41.4 Å². The van der Waals surface area contributed by atoms with Crippen molar-refractivity contribution < 1.29 is 14.3 Å². The van der Waals surface area contributed by atoms with Crippen LogP contribution in [0.2, 0.25) is 0 Å². The Kier molecular flexibility index (Phi) is 5.29. The Labute approximate surface area is 135 Å². The number of nitrogens with zero attached hydrogens (tertiary/aromatic N) is 1. The predicted octanol–water partition coefficient (Wildman–Crippen LogP) is 3.10. The van der Waals surface area contributed by atoms with Crippen LogP contribution in [0.5, 0.6) is 5.75 Å². The molecule has 1 saturated heterocycles. The van der Waals surface area contributed by atoms with Crippen molar-refractivity contribution in [1.82, 2.24) is 4.90 Å². The number of hydrogen-bond acceptors (Lipinski definition) is 4. The van der Waals surface area contributed by atoms with Crippen LogP contribution < -0.4 is 4.74 Å². The van der Waals surface area contributed by atoms with E-state index in [1.165, 1.54) is 11.8 Å². The number of para-hydroxylation sites is 1. The Morgan fingerprint density at radius 2 is 2.00 bits per heavy atom. The van der Waals surface area contributed by atoms with Crippen LogP contribution in [0.1, 0.15) is 20.8 Å². The molecule has 1 aromatic rings. The van der Waals surface area contributed by atoms with Crippen molar-refractivity contribution in [2.24, 2.45) is 5.41 Å². The van der Waals surface area contributed by atoms with E-state index in [-0.39, 0.29) is 11.7 Å². The molecular formula is C17H21NO3S. The Hall–Kier alpha value is -1.75. The van der Waals surface area contributed by atoms with E-state index in [0.29, 0.717) is 18.9 Å². The third-order valence-corrected chi connectivity index (χ3v) is 4.26. The molecule has 0 N–H and O–H groups in total. The number of thioether (sulfide) groups is 1. The van der Waals surface area contributed by atoms with Crippen LogP contribution in [0.3, 0.4) is 0 Å². The summed E-state index contributed by atoms with van der Waals surface area (Å²) in [6, 6.07) is 9.48. The van der Waals surface area contributed by atoms with Crippen molar-refractivity contribution in [2.45, 2.75) is 20.8 Å². The number of amides is 1. The van der Waals surface area contributed by atoms with Crippen LogP contribution in [0.15, 0.2) is 41.4 Å². The molecule has 118 valence electrons. The maximum atomic E-state index is 12.1. The summed E-state index contributed by atoms with van der Waals surface area (Å²) in [4.78, 5) is 25.7. The number of allylic oxidation sites excluding steroid dienone is 1. The fraction of sp³-hybridized carbons (Fsp3) is 0.412. The molecule has 0 aliphatic carbocycles. The lowest BCUT2D eigenvalue weighted by atomic mass is 9.91. The van der Waals surface area contributed by atoms with Crippen LogP contribution in [0, 0.1) is 5.41 Å². The van der Waals surface area contributed by atoms with Gasteiger partial charge in [-0.05, 0) is 12.1 Å². The Morgan fingerprint density at radius 1 is 1.32 bits per heavy atom. The topological polar surface area (TPSA) is 46.6 Å². The number of ketones is 1. The normalized spacial score (nSPS) is 17.1. The van der Waals surface area contributed by atoms with Crippen LogP contribution in [-0.4, -0.2) is 35.5 Å². The van der Waals surface area contributed by atoms with Gasteiger partial charge in [-0.2, -0.15) is 0 Å². The van der Waals surface area contributed by atoms with Gasteiger partial charge in [0, 0.05) is 11.5 Å². The summed E-state index contributed by atoms with van der Waals surface area (Å²) in [6.45, 7) is 6.46. The summed E-state index contributed by atoms with van der Waals surface area (Å²) in [6.07, 6.45) is 1.58. The van der Waals surface area contributed by atoms with Gasteiger partial charge < -0.3 is 9.64 Å². The van der Waals surface area contributed by atoms with Crippen molar-refractivity contribution in [2.75, 3.05) is 18.9 Å². The van der Waals surface area contributed by atoms with Crippen LogP contribution in [0.4, 0.5) is 0 Å². The van der Waals surface area contributed by atoms with Crippen molar-refractivity contribution in [1.29, 1.82) is 0 Å². The second-order valence-electron chi connectivity index (χ2n) is 6.09. The second-order valence-corrected chi connectivity index (χ2v) is 7.09. The average Bonchev–Trinajstić information content (AvgIpc) is 2.80. The fourth-order valence-corrected chi connectivity index (χ4v) is 2.84. The Bertz CT molecular complexity index is 575. The lowest BCUT2D eigenvalue weighted by molar-refractivity contribution is -0.125. The molecule has 0 unspecified atom stereocenters. The summed E-state index contributed by atoms with van der Waals surface area (Å²) in [5.74, 6) is 1.21. The maximum absolute atomic E-state index is 12.1. The van der Waals surface area contributed by atoms with Crippen molar-refractivity contribution >= 4 is 23.5 Å². The second kappa shape index (κ2) is 7.01. The molecule has 0 bridgehead atoms. The van der Waals surface area contributed by atoms with Gasteiger partial charge in [0.05, 0.1) is 17.3 Å². The van der Waals surface area contributed by atoms with E-state index >= 15 is 0 Å². The molecule has 1 aliphatic rings. The molecule has 22 heavy (non-hydrogen) atoms. The molecule has 1 aliphatic heterocycles. The standard InChI is InChI=1S/C17H21NO3S/c1-17(2,3)14(19)11-16-18(15(20)12-22-16)9-10-21-13-7-5-4-6-8-13/h4-8,11H,9-10,12H2,1-3H3. The number of carbonyl (C=O) groups is 2. The van der Waals surface area contributed by atoms with E-state index in [2.05, 4.69) is 0 Å². The summed E-state index contributed by atoms with van der Waals surface area (Å²) < 4.78 is 5.62. The number of rotatable bonds is 5. The van der Waals surface area contributed by atoms with Gasteiger partial charge in [0.25, 0.3) is 0 Å². The first-order valence-electron chi connectivity index (χ1n) is 7.25. The van der Waals surface area contributed by atoms with E-state index in [1.807, 2.05) is 51.1 Å². The number of hydrogen-bond donors (Lipinski definition) is 0. The van der Waals surface area contributed by atoms with Gasteiger partial charge >= 0.3 is 0 Å². The van der Waals surface area contributed by atoms with Gasteiger partial charge in [0.1, 0.15) is 12.4 Å². The first kappa shape index (κ1) is 16.6. The summed E-state index contributed by atoms with van der Waals surface area (Å²) in [5.41, 5.74) is -0.439. The van der Waals surface area contributed by atoms with Crippen molar-refractivity contribution in [3.63, 3.8) is 0 Å². The largest absolute Gasteiger partial charge is 0.492 e. The zero-order valence-corrected chi connectivity index (χ0v) is 14.0. The van der Waals surface area contributed by atoms with Gasteiger partial charge in [0.15, 0.2) is 5.78 Å². The van der Waals surface area contributed by atoms with E-state index < -0.39 is 5.41 Å². The molecule has 1 heterocycles. The highest BCUT2D eigenvalue weighted by Gasteiger charge is 2.29. The predicted molar refractivity (Wildman–Crippen MR) is 88.7 cm³/mol. The quantitative estimate of drug-likeness (QED) is 0.783. The number of carbonyl (C=O) groups excluding carboxylic acids is 2. The van der Waals surface area contributed by atoms with Crippen LogP contribution >= 0.6 is 11.8 Å². The molecule has 5 heteroatoms. The molecule has 0 radical (unpaired) electrons. The minimum atomic E-state index is -0.439. The Morgan fingerprint density at radius 3 is 2.64 bits per heavy atom. The zero-order valence-electron chi connectivity index (χ0n) is 13.2. The molecule has 1 amide bonds. The first-order chi connectivity index (χ1) is 10.4. The first-order valence-corrected chi connectivity index (χ1v) is 8.23. The third kappa shape index (κ3) is 4.37. The van der Waals surface area contributed by atoms with E-state index in [0.717, 1.165) is 10.8 Å². The van der Waals surface area contributed by atoms with Crippen LogP contribution in [-0.2, 0) is 9.59 Å². The molecule has 4 nitrogen and oxygen atoms in total. The van der Waals surface area contributed by atoms with Gasteiger partial charge in [0.2, 0.25) is 5.91 Å². The highest BCUT2D eigenvalue weighted by molar-refractivity contribution is 8.04. The molecule has 0 atom stereocenters. The zero-order chi connectivity index (χ0) is 16.2. The van der Waals surface area contributed by atoms with E-state index in [9.17, 15) is 9.59 Å². The number of benzene rings is 1. The summed E-state index contributed by atoms with van der Waals surface area (Å²) in [5, 5.41) is 0.724. The average molecular weight is 319 g/mol. The fourth-order valence-electron chi connectivity index (χ4n) is 1.87. The molecule has 0 aromatic heterocycles. The molecule has 1 aromatic carbocycles. The molecule has 0 saturated carbocycles. The SMILES string of the molecule is CC(C)(C)C(=O)C=C1SCC(=O)N1CCOc1ccccc1. The third-order valence-electron chi connectivity index (χ3n) is 3.23. The number of ether oxygens (including phenoxy) is 1. The minimum Gasteiger partial charge on any atom is -0.492 e. The van der Waals surface area contributed by atoms with E-state index in [1.54, 1.807) is 11.0 Å². The van der Waals surface area contributed by atoms with Gasteiger partial charge in [-0.3, -0.25) is 9.59 Å². The molecule has 1 fully saturated rings. The summed E-state index contributed by atoms with van der Waals surface area (Å²) in [7, 11) is 0. The lowest BCUT2D eigenvalue weighted by Crippen LogP contribution is -2.30. The van der Waals surface area contributed by atoms with Crippen LogP contribution in [0.25, 0.3) is 0 Å². The Balaban J connectivity index is 1.97. The molecule has 0 spiro atoms. The van der Waals surface area contributed by atoms with Gasteiger partial charge in [-0.25, -0.2) is 0 Å². The van der Waals surface area contributed by atoms with E-state index in [4.69, 9.17) is 4.74 Å². The minimum absolute atomic E-state index is 0.0228. The summed E-state index contributed by atoms with van der Waals surface area (Å²) >= 11 is 1.41. The van der Waals surface area contributed by atoms with Crippen molar-refractivity contribution in [3.8, 4) is 5.75 Å². The smallest absolute Gasteiger partial charge is 0.237 e. The van der Waals surface area contributed by atoms with Gasteiger partial charge in [-0.1, -0.05) is 50.7 Å². The highest BCUT2D eigenvalue weighted by Crippen LogP contribution is 2.30. The van der Waals surface area contributed by atoms with Gasteiger partial charge in [-0.15, -0.1) is 0 Å². The maximum Gasteiger partial charge on any atom is 0.237 e. The molecule has 2 rings (SSSR count).